The van der Waals surface area contributed by atoms with E-state index < -0.39 is 12.1 Å². The predicted octanol–water partition coefficient (Wildman–Crippen LogP) is 2.85. The van der Waals surface area contributed by atoms with Crippen molar-refractivity contribution in [3.05, 3.63) is 65.7 Å². The maximum Gasteiger partial charge on any atom is 0.358 e. The van der Waals surface area contributed by atoms with Gasteiger partial charge >= 0.3 is 5.97 Å². The number of carbonyl (C=O) groups is 1. The summed E-state index contributed by atoms with van der Waals surface area (Å²) in [6, 6.07) is 16.5. The first-order chi connectivity index (χ1) is 10.2. The van der Waals surface area contributed by atoms with Crippen LogP contribution >= 0.6 is 0 Å². The molecule has 0 saturated heterocycles. The van der Waals surface area contributed by atoms with E-state index in [1.165, 1.54) is 0 Å². The van der Waals surface area contributed by atoms with Crippen molar-refractivity contribution >= 4 is 5.97 Å². The highest BCUT2D eigenvalue weighted by molar-refractivity contribution is 5.80. The molecule has 0 aliphatic rings. The normalized spacial score (nSPS) is 10.7. The second kappa shape index (κ2) is 6.88. The van der Waals surface area contributed by atoms with Gasteiger partial charge in [-0.3, -0.25) is 0 Å². The van der Waals surface area contributed by atoms with Crippen LogP contribution in [0.4, 0.5) is 4.39 Å². The van der Waals surface area contributed by atoms with Gasteiger partial charge in [-0.1, -0.05) is 24.1 Å². The van der Waals surface area contributed by atoms with E-state index in [4.69, 9.17) is 10.00 Å². The van der Waals surface area contributed by atoms with Crippen LogP contribution in [0, 0.1) is 23.2 Å². The second-order valence-electron chi connectivity index (χ2n) is 4.06. The van der Waals surface area contributed by atoms with E-state index in [0.717, 1.165) is 0 Å². The monoisotopic (exact) mass is 279 g/mol. The summed E-state index contributed by atoms with van der Waals surface area (Å²) in [5, 5.41) is 8.65. The van der Waals surface area contributed by atoms with Gasteiger partial charge in [0.1, 0.15) is 5.75 Å². The van der Waals surface area contributed by atoms with Crippen molar-refractivity contribution in [2.24, 2.45) is 0 Å². The lowest BCUT2D eigenvalue weighted by Crippen LogP contribution is -2.20. The van der Waals surface area contributed by atoms with Gasteiger partial charge in [0.2, 0.25) is 0 Å². The fraction of sp³-hybridized carbons (Fsp3) is 0.0588. The highest BCUT2D eigenvalue weighted by Crippen LogP contribution is 2.10. The van der Waals surface area contributed by atoms with Crippen LogP contribution < -0.4 is 4.74 Å². The van der Waals surface area contributed by atoms with Crippen molar-refractivity contribution in [2.45, 2.75) is 6.17 Å². The topological polar surface area (TPSA) is 50.1 Å². The fourth-order valence-electron chi connectivity index (χ4n) is 1.49. The van der Waals surface area contributed by atoms with E-state index in [2.05, 4.69) is 11.8 Å². The fourth-order valence-corrected chi connectivity index (χ4v) is 1.49. The number of alkyl halides is 1. The summed E-state index contributed by atoms with van der Waals surface area (Å²) in [5.41, 5.74) is 1.00. The number of nitrogens with zero attached hydrogens (tertiary/aromatic N) is 1. The summed E-state index contributed by atoms with van der Waals surface area (Å²) in [5.74, 6) is 3.92. The molecule has 2 aromatic carbocycles. The minimum Gasteiger partial charge on any atom is -0.424 e. The molecule has 0 N–H and O–H groups in total. The van der Waals surface area contributed by atoms with Gasteiger partial charge in [-0.2, -0.15) is 5.26 Å². The van der Waals surface area contributed by atoms with Crippen molar-refractivity contribution in [1.82, 2.24) is 0 Å². The van der Waals surface area contributed by atoms with Gasteiger partial charge in [-0.05, 0) is 42.3 Å². The maximum atomic E-state index is 13.6. The van der Waals surface area contributed by atoms with Crippen molar-refractivity contribution in [1.29, 1.82) is 5.26 Å². The van der Waals surface area contributed by atoms with Gasteiger partial charge in [-0.15, -0.1) is 0 Å². The molecule has 102 valence electrons. The molecule has 1 unspecified atom stereocenters. The van der Waals surface area contributed by atoms with Crippen LogP contribution in [0.15, 0.2) is 54.6 Å². The van der Waals surface area contributed by atoms with Crippen molar-refractivity contribution in [2.75, 3.05) is 0 Å². The van der Waals surface area contributed by atoms with Crippen LogP contribution in [-0.2, 0) is 4.79 Å². The number of esters is 1. The standard InChI is InChI=1S/C17H10FNO2/c18-16(17(20)21-15-4-2-1-3-5-15)11-10-13-6-8-14(12-19)9-7-13/h1-9,16H. The molecule has 2 rings (SSSR count). The smallest absolute Gasteiger partial charge is 0.358 e. The van der Waals surface area contributed by atoms with Crippen LogP contribution in [0.3, 0.4) is 0 Å². The van der Waals surface area contributed by atoms with Crippen LogP contribution in [0.25, 0.3) is 0 Å². The molecule has 0 heterocycles. The molecule has 0 fully saturated rings. The third kappa shape index (κ3) is 4.19. The first-order valence-corrected chi connectivity index (χ1v) is 6.11. The number of para-hydroxylation sites is 1. The van der Waals surface area contributed by atoms with Gasteiger partial charge in [0.15, 0.2) is 0 Å². The Labute approximate surface area is 121 Å². The molecule has 0 amide bonds. The quantitative estimate of drug-likeness (QED) is 0.482. The number of benzene rings is 2. The minimum atomic E-state index is -2.03. The molecule has 0 bridgehead atoms. The average Bonchev–Trinajstić information content (AvgIpc) is 2.54. The molecular weight excluding hydrogens is 269 g/mol. The van der Waals surface area contributed by atoms with Gasteiger partial charge in [0.05, 0.1) is 11.6 Å². The Bertz CT molecular complexity index is 721. The van der Waals surface area contributed by atoms with Crippen LogP contribution in [0.2, 0.25) is 0 Å². The van der Waals surface area contributed by atoms with Gasteiger partial charge in [0, 0.05) is 5.56 Å². The number of carbonyl (C=O) groups excluding carboxylic acids is 1. The zero-order valence-corrected chi connectivity index (χ0v) is 10.9. The molecule has 3 nitrogen and oxygen atoms in total. The third-order valence-electron chi connectivity index (χ3n) is 2.53. The Kier molecular flexibility index (Phi) is 4.69. The number of rotatable bonds is 2. The maximum absolute atomic E-state index is 13.6. The number of nitriles is 1. The first kappa shape index (κ1) is 14.3. The lowest BCUT2D eigenvalue weighted by atomic mass is 10.1. The average molecular weight is 279 g/mol. The molecule has 4 heteroatoms. The Hall–Kier alpha value is -3.11. The second-order valence-corrected chi connectivity index (χ2v) is 4.06. The largest absolute Gasteiger partial charge is 0.424 e. The number of hydrogen-bond acceptors (Lipinski definition) is 3. The van der Waals surface area contributed by atoms with Gasteiger partial charge in [0.25, 0.3) is 6.17 Å². The SMILES string of the molecule is N#Cc1ccc(C#CC(F)C(=O)Oc2ccccc2)cc1. The summed E-state index contributed by atoms with van der Waals surface area (Å²) in [6.45, 7) is 0. The Morgan fingerprint density at radius 3 is 2.29 bits per heavy atom. The Balaban J connectivity index is 2.01. The molecule has 21 heavy (non-hydrogen) atoms. The van der Waals surface area contributed by atoms with E-state index in [0.29, 0.717) is 11.1 Å². The van der Waals surface area contributed by atoms with Crippen LogP contribution in [-0.4, -0.2) is 12.1 Å². The molecule has 0 saturated carbocycles. The predicted molar refractivity (Wildman–Crippen MR) is 75.0 cm³/mol. The molecule has 1 atom stereocenters. The van der Waals surface area contributed by atoms with E-state index in [9.17, 15) is 9.18 Å². The summed E-state index contributed by atoms with van der Waals surface area (Å²) < 4.78 is 18.5. The Morgan fingerprint density at radius 1 is 1.05 bits per heavy atom. The number of hydrogen-bond donors (Lipinski definition) is 0. The summed E-state index contributed by atoms with van der Waals surface area (Å²) >= 11 is 0. The molecule has 2 aromatic rings. The molecular formula is C17H10FNO2. The molecule has 0 aromatic heterocycles. The summed E-state index contributed by atoms with van der Waals surface area (Å²) in [6.07, 6.45) is -2.03. The third-order valence-corrected chi connectivity index (χ3v) is 2.53. The lowest BCUT2D eigenvalue weighted by molar-refractivity contribution is -0.137. The van der Waals surface area contributed by atoms with Crippen LogP contribution in [0.5, 0.6) is 5.75 Å². The van der Waals surface area contributed by atoms with E-state index >= 15 is 0 Å². The van der Waals surface area contributed by atoms with Crippen molar-refractivity contribution in [3.63, 3.8) is 0 Å². The van der Waals surface area contributed by atoms with Crippen molar-refractivity contribution < 1.29 is 13.9 Å². The molecule has 0 radical (unpaired) electrons. The first-order valence-electron chi connectivity index (χ1n) is 6.11. The zero-order valence-electron chi connectivity index (χ0n) is 10.9. The minimum absolute atomic E-state index is 0.269. The molecule has 0 aliphatic heterocycles. The highest BCUT2D eigenvalue weighted by atomic mass is 19.1. The van der Waals surface area contributed by atoms with E-state index in [-0.39, 0.29) is 5.75 Å². The summed E-state index contributed by atoms with van der Waals surface area (Å²) in [4.78, 5) is 11.5. The highest BCUT2D eigenvalue weighted by Gasteiger charge is 2.16. The van der Waals surface area contributed by atoms with E-state index in [1.807, 2.05) is 6.07 Å². The van der Waals surface area contributed by atoms with Gasteiger partial charge in [-0.25, -0.2) is 9.18 Å². The van der Waals surface area contributed by atoms with Crippen LogP contribution in [0.1, 0.15) is 11.1 Å². The lowest BCUT2D eigenvalue weighted by Gasteiger charge is -2.03. The number of ether oxygens (including phenoxy) is 1. The van der Waals surface area contributed by atoms with E-state index in [1.54, 1.807) is 54.6 Å². The van der Waals surface area contributed by atoms with Crippen molar-refractivity contribution in [3.8, 4) is 23.7 Å². The molecule has 0 spiro atoms. The summed E-state index contributed by atoms with van der Waals surface area (Å²) in [7, 11) is 0. The zero-order chi connectivity index (χ0) is 15.1. The Morgan fingerprint density at radius 2 is 1.67 bits per heavy atom. The molecule has 0 aliphatic carbocycles. The van der Waals surface area contributed by atoms with Gasteiger partial charge < -0.3 is 4.74 Å². The number of halogens is 1.